The number of hydrogen-bond acceptors (Lipinski definition) is 4. The Labute approximate surface area is 89.1 Å². The molecule has 0 fully saturated rings. The van der Waals surface area contributed by atoms with Crippen molar-refractivity contribution in [3.05, 3.63) is 27.4 Å². The monoisotopic (exact) mass is 210 g/mol. The van der Waals surface area contributed by atoms with E-state index in [2.05, 4.69) is 15.3 Å². The van der Waals surface area contributed by atoms with E-state index in [9.17, 15) is 4.79 Å². The third kappa shape index (κ3) is 2.87. The van der Waals surface area contributed by atoms with Crippen LogP contribution in [0.15, 0.2) is 4.79 Å². The summed E-state index contributed by atoms with van der Waals surface area (Å²) in [7, 11) is 0. The van der Waals surface area contributed by atoms with Crippen molar-refractivity contribution in [3.8, 4) is 0 Å². The molecule has 0 spiro atoms. The summed E-state index contributed by atoms with van der Waals surface area (Å²) in [6.45, 7) is 6.80. The molecule has 0 aromatic carbocycles. The molecule has 1 heterocycles. The molecule has 0 aliphatic heterocycles. The Morgan fingerprint density at radius 3 is 2.73 bits per heavy atom. The van der Waals surface area contributed by atoms with Gasteiger partial charge >= 0.3 is 0 Å². The zero-order valence-corrected chi connectivity index (χ0v) is 9.42. The first-order chi connectivity index (χ1) is 7.06. The van der Waals surface area contributed by atoms with Crippen molar-refractivity contribution in [3.63, 3.8) is 0 Å². The molecule has 0 aliphatic carbocycles. The van der Waals surface area contributed by atoms with Crippen LogP contribution in [0.25, 0.3) is 0 Å². The molecule has 15 heavy (non-hydrogen) atoms. The van der Waals surface area contributed by atoms with Gasteiger partial charge in [0.05, 0.1) is 5.56 Å². The van der Waals surface area contributed by atoms with Gasteiger partial charge in [-0.05, 0) is 20.8 Å². The molecule has 1 aromatic heterocycles. The molecule has 0 bridgehead atoms. The highest BCUT2D eigenvalue weighted by Gasteiger charge is 2.13. The van der Waals surface area contributed by atoms with Crippen molar-refractivity contribution in [2.45, 2.75) is 26.8 Å². The van der Waals surface area contributed by atoms with E-state index >= 15 is 0 Å². The van der Waals surface area contributed by atoms with Crippen LogP contribution in [-0.2, 0) is 0 Å². The van der Waals surface area contributed by atoms with Gasteiger partial charge < -0.3 is 16.0 Å². The predicted molar refractivity (Wildman–Crippen MR) is 59.8 cm³/mol. The van der Waals surface area contributed by atoms with E-state index in [4.69, 9.17) is 5.73 Å². The zero-order valence-electron chi connectivity index (χ0n) is 9.42. The van der Waals surface area contributed by atoms with Crippen LogP contribution >= 0.6 is 0 Å². The molecule has 0 amide bonds. The lowest BCUT2D eigenvalue weighted by Crippen LogP contribution is -2.31. The van der Waals surface area contributed by atoms with Gasteiger partial charge in [0.15, 0.2) is 0 Å². The van der Waals surface area contributed by atoms with Crippen LogP contribution in [0.3, 0.4) is 0 Å². The minimum absolute atomic E-state index is 0.0228. The average molecular weight is 210 g/mol. The van der Waals surface area contributed by atoms with Gasteiger partial charge in [-0.25, -0.2) is 4.98 Å². The number of aryl methyl sites for hydroxylation is 2. The Kier molecular flexibility index (Phi) is 3.99. The summed E-state index contributed by atoms with van der Waals surface area (Å²) in [4.78, 5) is 18.6. The SMILES string of the molecule is Cc1nc(C)c(C(C)NCCN)c(=O)[nH]1. The van der Waals surface area contributed by atoms with Crippen LogP contribution in [0.2, 0.25) is 0 Å². The van der Waals surface area contributed by atoms with Crippen molar-refractivity contribution in [1.29, 1.82) is 0 Å². The van der Waals surface area contributed by atoms with Gasteiger partial charge in [-0.2, -0.15) is 0 Å². The van der Waals surface area contributed by atoms with E-state index in [-0.39, 0.29) is 11.6 Å². The molecular weight excluding hydrogens is 192 g/mol. The summed E-state index contributed by atoms with van der Waals surface area (Å²) in [5, 5.41) is 3.16. The van der Waals surface area contributed by atoms with E-state index in [1.807, 2.05) is 13.8 Å². The smallest absolute Gasteiger partial charge is 0.255 e. The van der Waals surface area contributed by atoms with Crippen LogP contribution in [0.4, 0.5) is 0 Å². The van der Waals surface area contributed by atoms with Gasteiger partial charge in [-0.3, -0.25) is 4.79 Å². The first kappa shape index (κ1) is 11.9. The fourth-order valence-electron chi connectivity index (χ4n) is 1.65. The van der Waals surface area contributed by atoms with Gasteiger partial charge in [0.1, 0.15) is 5.82 Å². The second-order valence-corrected chi connectivity index (χ2v) is 3.61. The predicted octanol–water partition coefficient (Wildman–Crippen LogP) is -0.00396. The number of nitrogens with zero attached hydrogens (tertiary/aromatic N) is 1. The highest BCUT2D eigenvalue weighted by molar-refractivity contribution is 5.19. The first-order valence-corrected chi connectivity index (χ1v) is 5.07. The summed E-state index contributed by atoms with van der Waals surface area (Å²) < 4.78 is 0. The standard InChI is InChI=1S/C10H18N4O/c1-6(12-5-4-11)9-7(2)13-8(3)14-10(9)15/h6,12H,4-5,11H2,1-3H3,(H,13,14,15). The Balaban J connectivity index is 2.98. The lowest BCUT2D eigenvalue weighted by molar-refractivity contribution is 0.570. The van der Waals surface area contributed by atoms with Gasteiger partial charge in [0.2, 0.25) is 0 Å². The second-order valence-electron chi connectivity index (χ2n) is 3.61. The van der Waals surface area contributed by atoms with E-state index in [0.717, 1.165) is 5.69 Å². The number of rotatable bonds is 4. The average Bonchev–Trinajstić information content (AvgIpc) is 2.12. The van der Waals surface area contributed by atoms with E-state index in [1.165, 1.54) is 0 Å². The van der Waals surface area contributed by atoms with Crippen molar-refractivity contribution < 1.29 is 0 Å². The van der Waals surface area contributed by atoms with Crippen LogP contribution < -0.4 is 16.6 Å². The number of hydrogen-bond donors (Lipinski definition) is 3. The summed E-state index contributed by atoms with van der Waals surface area (Å²) in [5.41, 5.74) is 6.78. The molecule has 0 saturated carbocycles. The molecule has 0 radical (unpaired) electrons. The van der Waals surface area contributed by atoms with Crippen LogP contribution in [-0.4, -0.2) is 23.1 Å². The largest absolute Gasteiger partial charge is 0.329 e. The van der Waals surface area contributed by atoms with Crippen LogP contribution in [0, 0.1) is 13.8 Å². The quantitative estimate of drug-likeness (QED) is 0.653. The topological polar surface area (TPSA) is 83.8 Å². The molecule has 0 aliphatic rings. The number of aromatic amines is 1. The summed E-state index contributed by atoms with van der Waals surface area (Å²) in [6.07, 6.45) is 0. The van der Waals surface area contributed by atoms with Crippen LogP contribution in [0.1, 0.15) is 30.0 Å². The highest BCUT2D eigenvalue weighted by Crippen LogP contribution is 2.09. The maximum atomic E-state index is 11.7. The van der Waals surface area contributed by atoms with E-state index in [0.29, 0.717) is 24.5 Å². The maximum Gasteiger partial charge on any atom is 0.255 e. The van der Waals surface area contributed by atoms with Gasteiger partial charge in [-0.1, -0.05) is 0 Å². The molecule has 1 atom stereocenters. The third-order valence-electron chi connectivity index (χ3n) is 2.29. The Bertz CT molecular complexity index is 385. The normalized spacial score (nSPS) is 12.8. The van der Waals surface area contributed by atoms with Crippen molar-refractivity contribution in [2.24, 2.45) is 5.73 Å². The molecule has 1 unspecified atom stereocenters. The third-order valence-corrected chi connectivity index (χ3v) is 2.29. The summed E-state index contributed by atoms with van der Waals surface area (Å²) in [6, 6.07) is -0.0228. The van der Waals surface area contributed by atoms with Crippen molar-refractivity contribution in [1.82, 2.24) is 15.3 Å². The second kappa shape index (κ2) is 5.04. The van der Waals surface area contributed by atoms with Crippen molar-refractivity contribution >= 4 is 0 Å². The van der Waals surface area contributed by atoms with Crippen molar-refractivity contribution in [2.75, 3.05) is 13.1 Å². The lowest BCUT2D eigenvalue weighted by atomic mass is 10.1. The molecular formula is C10H18N4O. The number of nitrogens with two attached hydrogens (primary N) is 1. The molecule has 84 valence electrons. The Morgan fingerprint density at radius 1 is 1.53 bits per heavy atom. The van der Waals surface area contributed by atoms with E-state index in [1.54, 1.807) is 6.92 Å². The van der Waals surface area contributed by atoms with Gasteiger partial charge in [0, 0.05) is 24.8 Å². The molecule has 1 rings (SSSR count). The first-order valence-electron chi connectivity index (χ1n) is 5.07. The van der Waals surface area contributed by atoms with Gasteiger partial charge in [-0.15, -0.1) is 0 Å². The fourth-order valence-corrected chi connectivity index (χ4v) is 1.65. The molecule has 5 nitrogen and oxygen atoms in total. The summed E-state index contributed by atoms with van der Waals surface area (Å²) >= 11 is 0. The Morgan fingerprint density at radius 2 is 2.20 bits per heavy atom. The summed E-state index contributed by atoms with van der Waals surface area (Å²) in [5.74, 6) is 0.646. The number of aromatic nitrogens is 2. The Hall–Kier alpha value is -1.20. The minimum Gasteiger partial charge on any atom is -0.329 e. The van der Waals surface area contributed by atoms with Gasteiger partial charge in [0.25, 0.3) is 5.56 Å². The molecule has 0 saturated heterocycles. The maximum absolute atomic E-state index is 11.7. The van der Waals surface area contributed by atoms with E-state index < -0.39 is 0 Å². The number of H-pyrrole nitrogens is 1. The molecule has 4 N–H and O–H groups in total. The zero-order chi connectivity index (χ0) is 11.4. The highest BCUT2D eigenvalue weighted by atomic mass is 16.1. The fraction of sp³-hybridized carbons (Fsp3) is 0.600. The lowest BCUT2D eigenvalue weighted by Gasteiger charge is -2.14. The molecule has 1 aromatic rings. The molecule has 5 heteroatoms. The minimum atomic E-state index is -0.0722. The van der Waals surface area contributed by atoms with Crippen LogP contribution in [0.5, 0.6) is 0 Å². The number of nitrogens with one attached hydrogen (secondary N) is 2.